The minimum atomic E-state index is -3.37. The van der Waals surface area contributed by atoms with Gasteiger partial charge in [0.2, 0.25) is 10.0 Å². The predicted molar refractivity (Wildman–Crippen MR) is 54.4 cm³/mol. The molecule has 0 aromatic carbocycles. The molecule has 13 heavy (non-hydrogen) atoms. The molecule has 2 aliphatic rings. The zero-order chi connectivity index (χ0) is 9.47. The highest BCUT2D eigenvalue weighted by Crippen LogP contribution is 2.46. The van der Waals surface area contributed by atoms with E-state index in [1.807, 2.05) is 12.2 Å². The molecule has 2 atom stereocenters. The average molecular weight is 217 g/mol. The maximum Gasteiger partial charge on any atom is 0.221 e. The van der Waals surface area contributed by atoms with Gasteiger partial charge in [-0.1, -0.05) is 18.2 Å². The standard InChI is InChI=1S/C8H11NO2S2/c9-13(10,11)8-5-6-3-1-2-4-7(6)12-8/h1-2,4,6,8H,3,5H2,(H2,9,10,11). The van der Waals surface area contributed by atoms with Gasteiger partial charge in [-0.2, -0.15) is 0 Å². The molecule has 0 aromatic rings. The number of sulfonamides is 1. The Kier molecular flexibility index (Phi) is 2.25. The minimum absolute atomic E-state index is 0.387. The van der Waals surface area contributed by atoms with Crippen LogP contribution in [-0.4, -0.2) is 13.0 Å². The summed E-state index contributed by atoms with van der Waals surface area (Å²) in [5, 5.41) is 5.10. The predicted octanol–water partition coefficient (Wildman–Crippen LogP) is 1.20. The van der Waals surface area contributed by atoms with Crippen LogP contribution in [0.1, 0.15) is 12.8 Å². The van der Waals surface area contributed by atoms with Gasteiger partial charge in [0.15, 0.2) is 0 Å². The summed E-state index contributed by atoms with van der Waals surface area (Å²) in [7, 11) is -3.37. The van der Waals surface area contributed by atoms with Gasteiger partial charge in [-0.25, -0.2) is 13.6 Å². The number of fused-ring (bicyclic) bond motifs is 1. The summed E-state index contributed by atoms with van der Waals surface area (Å²) in [6.45, 7) is 0. The molecule has 0 saturated carbocycles. The number of nitrogens with two attached hydrogens (primary N) is 1. The van der Waals surface area contributed by atoms with Gasteiger partial charge in [-0.3, -0.25) is 0 Å². The molecule has 3 nitrogen and oxygen atoms in total. The molecule has 1 heterocycles. The van der Waals surface area contributed by atoms with E-state index in [0.717, 1.165) is 6.42 Å². The Balaban J connectivity index is 2.20. The summed E-state index contributed by atoms with van der Waals surface area (Å²) < 4.78 is 21.7. The molecule has 2 rings (SSSR count). The maximum absolute atomic E-state index is 11.1. The fraction of sp³-hybridized carbons (Fsp3) is 0.500. The van der Waals surface area contributed by atoms with Crippen molar-refractivity contribution in [3.63, 3.8) is 0 Å². The Hall–Kier alpha value is -0.260. The van der Waals surface area contributed by atoms with Crippen LogP contribution in [0.15, 0.2) is 23.1 Å². The normalized spacial score (nSPS) is 32.8. The number of primary sulfonamides is 1. The van der Waals surface area contributed by atoms with Crippen molar-refractivity contribution < 1.29 is 8.42 Å². The van der Waals surface area contributed by atoms with E-state index in [-0.39, 0.29) is 0 Å². The third-order valence-electron chi connectivity index (χ3n) is 2.33. The van der Waals surface area contributed by atoms with Crippen molar-refractivity contribution in [2.45, 2.75) is 17.4 Å². The molecule has 0 bridgehead atoms. The molecule has 5 heteroatoms. The molecule has 72 valence electrons. The highest BCUT2D eigenvalue weighted by Gasteiger charge is 2.36. The Morgan fingerprint density at radius 2 is 2.31 bits per heavy atom. The molecule has 0 radical (unpaired) electrons. The summed E-state index contributed by atoms with van der Waals surface area (Å²) in [5.74, 6) is 0.387. The molecule has 1 saturated heterocycles. The maximum atomic E-state index is 11.1. The quantitative estimate of drug-likeness (QED) is 0.718. The van der Waals surface area contributed by atoms with Gasteiger partial charge in [-0.15, -0.1) is 11.8 Å². The Bertz CT molecular complexity index is 370. The number of rotatable bonds is 1. The molecule has 2 N–H and O–H groups in total. The van der Waals surface area contributed by atoms with Crippen LogP contribution in [0.2, 0.25) is 0 Å². The molecule has 0 amide bonds. The van der Waals surface area contributed by atoms with Gasteiger partial charge in [0.25, 0.3) is 0 Å². The Labute approximate surface area is 82.1 Å². The smallest absolute Gasteiger partial charge is 0.221 e. The van der Waals surface area contributed by atoms with Crippen molar-refractivity contribution >= 4 is 21.8 Å². The Morgan fingerprint density at radius 1 is 1.54 bits per heavy atom. The number of allylic oxidation sites excluding steroid dienone is 4. The van der Waals surface area contributed by atoms with Crippen LogP contribution in [0.25, 0.3) is 0 Å². The molecule has 2 unspecified atom stereocenters. The fourth-order valence-electron chi connectivity index (χ4n) is 1.64. The zero-order valence-electron chi connectivity index (χ0n) is 7.01. The lowest BCUT2D eigenvalue weighted by Crippen LogP contribution is -2.23. The van der Waals surface area contributed by atoms with Crippen molar-refractivity contribution in [2.24, 2.45) is 11.1 Å². The fourth-order valence-corrected chi connectivity index (χ4v) is 4.18. The lowest BCUT2D eigenvalue weighted by atomic mass is 9.98. The van der Waals surface area contributed by atoms with E-state index < -0.39 is 14.6 Å². The average Bonchev–Trinajstić information content (AvgIpc) is 2.45. The van der Waals surface area contributed by atoms with E-state index >= 15 is 0 Å². The van der Waals surface area contributed by atoms with Crippen molar-refractivity contribution in [1.82, 2.24) is 0 Å². The van der Waals surface area contributed by atoms with E-state index in [1.165, 1.54) is 16.7 Å². The van der Waals surface area contributed by atoms with Crippen LogP contribution in [-0.2, 0) is 10.0 Å². The van der Waals surface area contributed by atoms with Crippen LogP contribution in [0.5, 0.6) is 0 Å². The zero-order valence-corrected chi connectivity index (χ0v) is 8.64. The van der Waals surface area contributed by atoms with E-state index in [0.29, 0.717) is 12.3 Å². The SMILES string of the molecule is NS(=O)(=O)C1CC2CC=CC=C2S1. The van der Waals surface area contributed by atoms with Crippen molar-refractivity contribution in [3.8, 4) is 0 Å². The van der Waals surface area contributed by atoms with Gasteiger partial charge >= 0.3 is 0 Å². The van der Waals surface area contributed by atoms with Crippen molar-refractivity contribution in [2.75, 3.05) is 0 Å². The topological polar surface area (TPSA) is 60.2 Å². The number of hydrogen-bond acceptors (Lipinski definition) is 3. The van der Waals surface area contributed by atoms with E-state index in [1.54, 1.807) is 0 Å². The first-order valence-corrected chi connectivity index (χ1v) is 6.61. The molecule has 0 aromatic heterocycles. The van der Waals surface area contributed by atoms with E-state index in [9.17, 15) is 8.42 Å². The van der Waals surface area contributed by atoms with Crippen LogP contribution < -0.4 is 5.14 Å². The van der Waals surface area contributed by atoms with Gasteiger partial charge in [0.05, 0.1) is 0 Å². The molecule has 1 fully saturated rings. The highest BCUT2D eigenvalue weighted by atomic mass is 32.3. The summed E-state index contributed by atoms with van der Waals surface area (Å²) >= 11 is 1.40. The van der Waals surface area contributed by atoms with Crippen LogP contribution >= 0.6 is 11.8 Å². The number of hydrogen-bond donors (Lipinski definition) is 1. The molecular formula is C8H11NO2S2. The molecule has 0 spiro atoms. The first-order chi connectivity index (χ1) is 6.07. The summed E-state index contributed by atoms with van der Waals surface area (Å²) in [6, 6.07) is 0. The second-order valence-electron chi connectivity index (χ2n) is 3.30. The van der Waals surface area contributed by atoms with Crippen LogP contribution in [0, 0.1) is 5.92 Å². The summed E-state index contributed by atoms with van der Waals surface area (Å²) in [6.07, 6.45) is 7.65. The largest absolute Gasteiger partial charge is 0.228 e. The summed E-state index contributed by atoms with van der Waals surface area (Å²) in [5.41, 5.74) is 0. The van der Waals surface area contributed by atoms with Gasteiger partial charge in [0.1, 0.15) is 4.58 Å². The van der Waals surface area contributed by atoms with E-state index in [4.69, 9.17) is 5.14 Å². The lowest BCUT2D eigenvalue weighted by molar-refractivity contribution is 0.576. The molecule has 1 aliphatic heterocycles. The van der Waals surface area contributed by atoms with Crippen LogP contribution in [0.4, 0.5) is 0 Å². The number of thioether (sulfide) groups is 1. The van der Waals surface area contributed by atoms with Crippen molar-refractivity contribution in [1.29, 1.82) is 0 Å². The van der Waals surface area contributed by atoms with Crippen molar-refractivity contribution in [3.05, 3.63) is 23.1 Å². The highest BCUT2D eigenvalue weighted by molar-refractivity contribution is 8.15. The monoisotopic (exact) mass is 217 g/mol. The van der Waals surface area contributed by atoms with Gasteiger partial charge < -0.3 is 0 Å². The second-order valence-corrected chi connectivity index (χ2v) is 6.62. The minimum Gasteiger partial charge on any atom is -0.228 e. The molecular weight excluding hydrogens is 206 g/mol. The second kappa shape index (κ2) is 3.15. The third kappa shape index (κ3) is 1.82. The van der Waals surface area contributed by atoms with Gasteiger partial charge in [-0.05, 0) is 23.7 Å². The first-order valence-electron chi connectivity index (χ1n) is 4.12. The van der Waals surface area contributed by atoms with E-state index in [2.05, 4.69) is 6.08 Å². The van der Waals surface area contributed by atoms with Crippen LogP contribution in [0.3, 0.4) is 0 Å². The third-order valence-corrected chi connectivity index (χ3v) is 5.55. The lowest BCUT2D eigenvalue weighted by Gasteiger charge is -2.09. The van der Waals surface area contributed by atoms with Gasteiger partial charge in [0, 0.05) is 0 Å². The first kappa shape index (κ1) is 9.30. The Morgan fingerprint density at radius 3 is 2.92 bits per heavy atom. The summed E-state index contributed by atoms with van der Waals surface area (Å²) in [4.78, 5) is 1.17. The molecule has 1 aliphatic carbocycles.